The van der Waals surface area contributed by atoms with Gasteiger partial charge in [-0.05, 0) is 74.9 Å². The number of halogens is 1. The summed E-state index contributed by atoms with van der Waals surface area (Å²) in [6.45, 7) is 9.34. The van der Waals surface area contributed by atoms with E-state index in [0.29, 0.717) is 30.0 Å². The minimum Gasteiger partial charge on any atom is -0.507 e. The number of nitrogen functional groups attached to an aromatic ring is 1. The number of phenols is 1. The Balaban J connectivity index is 1.63. The van der Waals surface area contributed by atoms with Gasteiger partial charge < -0.3 is 15.6 Å². The third-order valence-electron chi connectivity index (χ3n) is 6.71. The largest absolute Gasteiger partial charge is 0.507 e. The van der Waals surface area contributed by atoms with Crippen LogP contribution >= 0.6 is 11.6 Å². The molecule has 2 heterocycles. The number of aryl methyl sites for hydroxylation is 1. The van der Waals surface area contributed by atoms with Gasteiger partial charge in [0.05, 0.1) is 5.69 Å². The predicted molar refractivity (Wildman–Crippen MR) is 135 cm³/mol. The molecular weight excluding hydrogens is 452 g/mol. The first kappa shape index (κ1) is 23.8. The fraction of sp³-hybridized carbons (Fsp3) is 0.346. The summed E-state index contributed by atoms with van der Waals surface area (Å²) in [5.74, 6) is 1.01. The normalized spacial score (nSPS) is 17.1. The Hall–Kier alpha value is -3.32. The van der Waals surface area contributed by atoms with E-state index in [0.717, 1.165) is 39.1 Å². The molecular formula is C26H29ClN4O3. The number of fused-ring (bicyclic) bond motifs is 1. The lowest BCUT2D eigenvalue weighted by Gasteiger charge is -2.36. The van der Waals surface area contributed by atoms with Crippen LogP contribution in [0.3, 0.4) is 0 Å². The van der Waals surface area contributed by atoms with Crippen molar-refractivity contribution in [2.24, 2.45) is 0 Å². The molecule has 7 nitrogen and oxygen atoms in total. The Morgan fingerprint density at radius 2 is 1.85 bits per heavy atom. The molecule has 1 aromatic heterocycles. The molecule has 8 heteroatoms. The van der Waals surface area contributed by atoms with Gasteiger partial charge in [-0.15, -0.1) is 0 Å². The highest BCUT2D eigenvalue weighted by Crippen LogP contribution is 2.43. The zero-order valence-corrected chi connectivity index (χ0v) is 20.8. The molecule has 0 bridgehead atoms. The topological polar surface area (TPSA) is 110 Å². The lowest BCUT2D eigenvalue weighted by molar-refractivity contribution is -0.131. The molecule has 4 rings (SSSR count). The number of carbonyl (C=O) groups is 1. The molecule has 1 amide bonds. The third-order valence-corrected chi connectivity index (χ3v) is 6.96. The SMILES string of the molecule is CCc1nc(NC(=O)C2(C)CCc3c(C)c(O)c(C)c(C)c3O2)nc(N)c1-c1ccc(Cl)cc1. The second kappa shape index (κ2) is 8.80. The number of aromatic hydroxyl groups is 1. The van der Waals surface area contributed by atoms with E-state index in [1.807, 2.05) is 39.8 Å². The summed E-state index contributed by atoms with van der Waals surface area (Å²) in [5, 5.41) is 13.8. The molecule has 3 aromatic rings. The first-order chi connectivity index (χ1) is 16.1. The lowest BCUT2D eigenvalue weighted by atomic mass is 9.86. The number of nitrogens with two attached hydrogens (primary N) is 1. The quantitative estimate of drug-likeness (QED) is 0.467. The molecule has 1 aliphatic heterocycles. The Morgan fingerprint density at radius 1 is 1.18 bits per heavy atom. The van der Waals surface area contributed by atoms with Gasteiger partial charge in [-0.1, -0.05) is 30.7 Å². The molecule has 0 fully saturated rings. The van der Waals surface area contributed by atoms with E-state index in [1.54, 1.807) is 19.1 Å². The molecule has 2 aromatic carbocycles. The summed E-state index contributed by atoms with van der Waals surface area (Å²) in [7, 11) is 0. The van der Waals surface area contributed by atoms with E-state index in [2.05, 4.69) is 15.3 Å². The number of carbonyl (C=O) groups excluding carboxylic acids is 1. The summed E-state index contributed by atoms with van der Waals surface area (Å²) >= 11 is 6.01. The summed E-state index contributed by atoms with van der Waals surface area (Å²) < 4.78 is 6.27. The highest BCUT2D eigenvalue weighted by atomic mass is 35.5. The van der Waals surface area contributed by atoms with Crippen LogP contribution in [0, 0.1) is 20.8 Å². The summed E-state index contributed by atoms with van der Waals surface area (Å²) in [6.07, 6.45) is 1.67. The van der Waals surface area contributed by atoms with E-state index >= 15 is 0 Å². The van der Waals surface area contributed by atoms with Gasteiger partial charge in [-0.2, -0.15) is 4.98 Å². The van der Waals surface area contributed by atoms with Crippen molar-refractivity contribution in [1.82, 2.24) is 9.97 Å². The monoisotopic (exact) mass is 480 g/mol. The van der Waals surface area contributed by atoms with Gasteiger partial charge in [0.2, 0.25) is 5.95 Å². The van der Waals surface area contributed by atoms with E-state index in [1.165, 1.54) is 0 Å². The Labute approximate surface area is 204 Å². The van der Waals surface area contributed by atoms with Crippen molar-refractivity contribution in [2.75, 3.05) is 11.1 Å². The smallest absolute Gasteiger partial charge is 0.270 e. The fourth-order valence-electron chi connectivity index (χ4n) is 4.41. The number of hydrogen-bond donors (Lipinski definition) is 3. The molecule has 0 saturated heterocycles. The molecule has 1 atom stereocenters. The standard InChI is InChI=1S/C26H29ClN4O3/c1-6-19-20(16-7-9-17(27)10-8-16)23(28)30-25(29-19)31-24(33)26(5)12-11-18-15(4)21(32)13(2)14(3)22(18)34-26/h7-10,32H,6,11-12H2,1-5H3,(H3,28,29,30,31,33). The maximum atomic E-state index is 13.3. The molecule has 34 heavy (non-hydrogen) atoms. The van der Waals surface area contributed by atoms with Crippen molar-refractivity contribution in [1.29, 1.82) is 0 Å². The maximum absolute atomic E-state index is 13.3. The van der Waals surface area contributed by atoms with Crippen LogP contribution in [0.25, 0.3) is 11.1 Å². The van der Waals surface area contributed by atoms with Crippen molar-refractivity contribution >= 4 is 29.3 Å². The molecule has 1 aliphatic rings. The van der Waals surface area contributed by atoms with Crippen molar-refractivity contribution in [2.45, 2.75) is 59.5 Å². The van der Waals surface area contributed by atoms with Crippen molar-refractivity contribution in [3.8, 4) is 22.6 Å². The van der Waals surface area contributed by atoms with Crippen molar-refractivity contribution in [3.05, 3.63) is 57.2 Å². The zero-order valence-electron chi connectivity index (χ0n) is 20.0. The van der Waals surface area contributed by atoms with Gasteiger partial charge in [0.1, 0.15) is 17.3 Å². The highest BCUT2D eigenvalue weighted by Gasteiger charge is 2.41. The van der Waals surface area contributed by atoms with Gasteiger partial charge in [0.15, 0.2) is 5.60 Å². The number of benzene rings is 2. The Morgan fingerprint density at radius 3 is 2.50 bits per heavy atom. The number of rotatable bonds is 4. The Kier molecular flexibility index (Phi) is 6.16. The number of amides is 1. The van der Waals surface area contributed by atoms with Gasteiger partial charge >= 0.3 is 0 Å². The van der Waals surface area contributed by atoms with E-state index in [4.69, 9.17) is 22.1 Å². The average Bonchev–Trinajstić information content (AvgIpc) is 2.81. The molecule has 0 saturated carbocycles. The lowest BCUT2D eigenvalue weighted by Crippen LogP contribution is -2.48. The average molecular weight is 481 g/mol. The number of phenolic OH excluding ortho intramolecular Hbond substituents is 1. The molecule has 0 radical (unpaired) electrons. The second-order valence-electron chi connectivity index (χ2n) is 8.93. The number of hydrogen-bond acceptors (Lipinski definition) is 6. The Bertz CT molecular complexity index is 1290. The number of anilines is 2. The highest BCUT2D eigenvalue weighted by molar-refractivity contribution is 6.30. The molecule has 1 unspecified atom stereocenters. The minimum atomic E-state index is -1.12. The fourth-order valence-corrected chi connectivity index (χ4v) is 4.54. The summed E-state index contributed by atoms with van der Waals surface area (Å²) in [4.78, 5) is 22.3. The zero-order chi connectivity index (χ0) is 24.8. The number of ether oxygens (including phenoxy) is 1. The van der Waals surface area contributed by atoms with Gasteiger partial charge in [0.25, 0.3) is 5.91 Å². The first-order valence-electron chi connectivity index (χ1n) is 11.3. The van der Waals surface area contributed by atoms with Crippen LogP contribution in [0.15, 0.2) is 24.3 Å². The van der Waals surface area contributed by atoms with Gasteiger partial charge in [0, 0.05) is 22.6 Å². The van der Waals surface area contributed by atoms with Gasteiger partial charge in [-0.3, -0.25) is 10.1 Å². The van der Waals surface area contributed by atoms with Crippen LogP contribution in [0.1, 0.15) is 48.2 Å². The van der Waals surface area contributed by atoms with Crippen molar-refractivity contribution < 1.29 is 14.6 Å². The number of nitrogens with one attached hydrogen (secondary N) is 1. The maximum Gasteiger partial charge on any atom is 0.270 e. The van der Waals surface area contributed by atoms with E-state index in [9.17, 15) is 9.90 Å². The van der Waals surface area contributed by atoms with Crippen LogP contribution in [0.2, 0.25) is 5.02 Å². The first-order valence-corrected chi connectivity index (χ1v) is 11.7. The predicted octanol–water partition coefficient (Wildman–Crippen LogP) is 5.29. The number of aromatic nitrogens is 2. The molecule has 0 spiro atoms. The van der Waals surface area contributed by atoms with E-state index in [-0.39, 0.29) is 23.4 Å². The van der Waals surface area contributed by atoms with E-state index < -0.39 is 5.60 Å². The molecule has 0 aliphatic carbocycles. The second-order valence-corrected chi connectivity index (χ2v) is 9.37. The summed E-state index contributed by atoms with van der Waals surface area (Å²) in [6, 6.07) is 7.31. The third kappa shape index (κ3) is 4.05. The molecule has 4 N–H and O–H groups in total. The molecule has 178 valence electrons. The van der Waals surface area contributed by atoms with Crippen LogP contribution in [0.4, 0.5) is 11.8 Å². The van der Waals surface area contributed by atoms with Crippen LogP contribution < -0.4 is 15.8 Å². The minimum absolute atomic E-state index is 0.141. The van der Waals surface area contributed by atoms with Gasteiger partial charge in [-0.25, -0.2) is 4.98 Å². The number of nitrogens with zero attached hydrogens (tertiary/aromatic N) is 2. The van der Waals surface area contributed by atoms with Crippen LogP contribution in [0.5, 0.6) is 11.5 Å². The van der Waals surface area contributed by atoms with Crippen LogP contribution in [-0.2, 0) is 17.6 Å². The van der Waals surface area contributed by atoms with Crippen molar-refractivity contribution in [3.63, 3.8) is 0 Å². The summed E-state index contributed by atoms with van der Waals surface area (Å²) in [5.41, 5.74) is 10.8. The van der Waals surface area contributed by atoms with Crippen LogP contribution in [-0.4, -0.2) is 26.6 Å².